The zero-order valence-electron chi connectivity index (χ0n) is 18.0. The van der Waals surface area contributed by atoms with E-state index >= 15 is 0 Å². The normalized spacial score (nSPS) is 11.2. The SMILES string of the molecule is CCCCN(Cc1cccn1C)C(=O)CN(C(=O)C=Cc1ccccc1)C(C)C. The summed E-state index contributed by atoms with van der Waals surface area (Å²) in [4.78, 5) is 29.3. The number of carbonyl (C=O) groups excluding carboxylic acids is 2. The summed E-state index contributed by atoms with van der Waals surface area (Å²) in [5.41, 5.74) is 2.05. The van der Waals surface area contributed by atoms with Crippen LogP contribution in [0.25, 0.3) is 6.08 Å². The van der Waals surface area contributed by atoms with Crippen molar-refractivity contribution in [2.45, 2.75) is 46.2 Å². The maximum atomic E-state index is 13.1. The lowest BCUT2D eigenvalue weighted by Gasteiger charge is -2.29. The third kappa shape index (κ3) is 6.93. The number of hydrogen-bond donors (Lipinski definition) is 0. The number of hydrogen-bond acceptors (Lipinski definition) is 2. The average molecular weight is 396 g/mol. The summed E-state index contributed by atoms with van der Waals surface area (Å²) in [5.74, 6) is -0.165. The minimum atomic E-state index is -0.147. The van der Waals surface area contributed by atoms with Gasteiger partial charge in [-0.15, -0.1) is 0 Å². The van der Waals surface area contributed by atoms with Gasteiger partial charge >= 0.3 is 0 Å². The molecule has 156 valence electrons. The molecule has 5 nitrogen and oxygen atoms in total. The Labute approximate surface area is 174 Å². The summed E-state index contributed by atoms with van der Waals surface area (Å²) in [6.07, 6.45) is 7.29. The molecule has 1 aromatic heterocycles. The van der Waals surface area contributed by atoms with Gasteiger partial charge in [-0.05, 0) is 44.0 Å². The van der Waals surface area contributed by atoms with Crippen LogP contribution >= 0.6 is 0 Å². The van der Waals surface area contributed by atoms with Crippen molar-refractivity contribution < 1.29 is 9.59 Å². The molecule has 1 aromatic carbocycles. The number of amides is 2. The molecule has 29 heavy (non-hydrogen) atoms. The fourth-order valence-corrected chi connectivity index (χ4v) is 3.09. The maximum absolute atomic E-state index is 13.1. The van der Waals surface area contributed by atoms with Crippen molar-refractivity contribution in [1.29, 1.82) is 0 Å². The van der Waals surface area contributed by atoms with Crippen LogP contribution in [-0.4, -0.2) is 45.3 Å². The van der Waals surface area contributed by atoms with Gasteiger partial charge in [0.1, 0.15) is 6.54 Å². The van der Waals surface area contributed by atoms with E-state index in [0.29, 0.717) is 13.1 Å². The van der Waals surface area contributed by atoms with Gasteiger partial charge < -0.3 is 14.4 Å². The number of aryl methyl sites for hydroxylation is 1. The van der Waals surface area contributed by atoms with Crippen LogP contribution in [0.1, 0.15) is 44.9 Å². The van der Waals surface area contributed by atoms with Crippen molar-refractivity contribution in [3.05, 3.63) is 66.0 Å². The van der Waals surface area contributed by atoms with E-state index in [1.807, 2.05) is 79.0 Å². The predicted octanol–water partition coefficient (Wildman–Crippen LogP) is 4.10. The molecule has 0 aliphatic carbocycles. The summed E-state index contributed by atoms with van der Waals surface area (Å²) in [7, 11) is 1.98. The molecule has 0 saturated carbocycles. The molecule has 0 N–H and O–H groups in total. The highest BCUT2D eigenvalue weighted by molar-refractivity contribution is 5.94. The number of rotatable bonds is 10. The van der Waals surface area contributed by atoms with Crippen LogP contribution in [0, 0.1) is 0 Å². The number of unbranched alkanes of at least 4 members (excludes halogenated alkanes) is 1. The van der Waals surface area contributed by atoms with Crippen LogP contribution in [0.2, 0.25) is 0 Å². The first-order valence-corrected chi connectivity index (χ1v) is 10.3. The highest BCUT2D eigenvalue weighted by Crippen LogP contribution is 2.10. The lowest BCUT2D eigenvalue weighted by atomic mass is 10.2. The molecule has 0 unspecified atom stereocenters. The van der Waals surface area contributed by atoms with Gasteiger partial charge in [-0.1, -0.05) is 43.7 Å². The molecule has 0 radical (unpaired) electrons. The largest absolute Gasteiger partial charge is 0.353 e. The Morgan fingerprint density at radius 3 is 2.41 bits per heavy atom. The van der Waals surface area contributed by atoms with E-state index in [2.05, 4.69) is 6.92 Å². The van der Waals surface area contributed by atoms with Crippen LogP contribution in [0.3, 0.4) is 0 Å². The Bertz CT molecular complexity index is 809. The number of carbonyl (C=O) groups is 2. The fourth-order valence-electron chi connectivity index (χ4n) is 3.09. The highest BCUT2D eigenvalue weighted by atomic mass is 16.2. The van der Waals surface area contributed by atoms with E-state index in [0.717, 1.165) is 24.1 Å². The minimum Gasteiger partial charge on any atom is -0.353 e. The van der Waals surface area contributed by atoms with Gasteiger partial charge in [0, 0.05) is 37.6 Å². The van der Waals surface area contributed by atoms with Crippen LogP contribution in [0.15, 0.2) is 54.7 Å². The maximum Gasteiger partial charge on any atom is 0.247 e. The van der Waals surface area contributed by atoms with Crippen molar-refractivity contribution in [2.24, 2.45) is 7.05 Å². The Balaban J connectivity index is 2.09. The first kappa shape index (κ1) is 22.5. The van der Waals surface area contributed by atoms with Crippen molar-refractivity contribution in [1.82, 2.24) is 14.4 Å². The zero-order chi connectivity index (χ0) is 21.2. The highest BCUT2D eigenvalue weighted by Gasteiger charge is 2.22. The number of aromatic nitrogens is 1. The predicted molar refractivity (Wildman–Crippen MR) is 118 cm³/mol. The number of benzene rings is 1. The standard InChI is InChI=1S/C24H33N3O2/c1-5-6-17-26(18-22-13-10-16-25(22)4)24(29)19-27(20(2)3)23(28)15-14-21-11-8-7-9-12-21/h7-16,20H,5-6,17-19H2,1-4H3. The third-order valence-electron chi connectivity index (χ3n) is 4.97. The van der Waals surface area contributed by atoms with Gasteiger partial charge in [0.05, 0.1) is 6.54 Å². The quantitative estimate of drug-likeness (QED) is 0.569. The summed E-state index contributed by atoms with van der Waals surface area (Å²) in [5, 5.41) is 0. The Morgan fingerprint density at radius 1 is 1.10 bits per heavy atom. The zero-order valence-corrected chi connectivity index (χ0v) is 18.0. The molecular weight excluding hydrogens is 362 g/mol. The minimum absolute atomic E-state index is 0.0187. The van der Waals surface area contributed by atoms with Crippen LogP contribution < -0.4 is 0 Å². The topological polar surface area (TPSA) is 45.6 Å². The van der Waals surface area contributed by atoms with Crippen LogP contribution in [0.4, 0.5) is 0 Å². The van der Waals surface area contributed by atoms with E-state index in [9.17, 15) is 9.59 Å². The van der Waals surface area contributed by atoms with E-state index in [-0.39, 0.29) is 24.4 Å². The Morgan fingerprint density at radius 2 is 1.83 bits per heavy atom. The molecule has 2 rings (SSSR count). The summed E-state index contributed by atoms with van der Waals surface area (Å²) in [6.45, 7) is 7.33. The van der Waals surface area contributed by atoms with E-state index in [4.69, 9.17) is 0 Å². The van der Waals surface area contributed by atoms with E-state index < -0.39 is 0 Å². The summed E-state index contributed by atoms with van der Waals surface area (Å²) in [6, 6.07) is 13.6. The second-order valence-corrected chi connectivity index (χ2v) is 7.58. The first-order valence-electron chi connectivity index (χ1n) is 10.3. The van der Waals surface area contributed by atoms with Crippen LogP contribution in [0.5, 0.6) is 0 Å². The van der Waals surface area contributed by atoms with Gasteiger partial charge in [0.25, 0.3) is 0 Å². The lowest BCUT2D eigenvalue weighted by molar-refractivity contribution is -0.140. The van der Waals surface area contributed by atoms with Gasteiger partial charge in [0.2, 0.25) is 11.8 Å². The molecule has 0 aliphatic heterocycles. The lowest BCUT2D eigenvalue weighted by Crippen LogP contribution is -2.45. The molecule has 0 fully saturated rings. The molecule has 2 amide bonds. The van der Waals surface area contributed by atoms with Crippen molar-refractivity contribution >= 4 is 17.9 Å². The monoisotopic (exact) mass is 395 g/mol. The van der Waals surface area contributed by atoms with Crippen molar-refractivity contribution in [3.63, 3.8) is 0 Å². The first-order chi connectivity index (χ1) is 13.9. The number of nitrogens with zero attached hydrogens (tertiary/aromatic N) is 3. The third-order valence-corrected chi connectivity index (χ3v) is 4.97. The molecule has 0 aliphatic rings. The van der Waals surface area contributed by atoms with Gasteiger partial charge in [-0.2, -0.15) is 0 Å². The van der Waals surface area contributed by atoms with Crippen LogP contribution in [-0.2, 0) is 23.2 Å². The smallest absolute Gasteiger partial charge is 0.247 e. The Hall–Kier alpha value is -2.82. The molecule has 0 saturated heterocycles. The van der Waals surface area contributed by atoms with Gasteiger partial charge in [-0.3, -0.25) is 9.59 Å². The fraction of sp³-hybridized carbons (Fsp3) is 0.417. The molecule has 1 heterocycles. The Kier molecular flexibility index (Phi) is 8.71. The van der Waals surface area contributed by atoms with Gasteiger partial charge in [0.15, 0.2) is 0 Å². The van der Waals surface area contributed by atoms with Crippen molar-refractivity contribution in [2.75, 3.05) is 13.1 Å². The molecule has 0 atom stereocenters. The molecule has 0 bridgehead atoms. The van der Waals surface area contributed by atoms with E-state index in [1.54, 1.807) is 17.1 Å². The average Bonchev–Trinajstić information content (AvgIpc) is 3.12. The molecule has 0 spiro atoms. The molecule has 5 heteroatoms. The second-order valence-electron chi connectivity index (χ2n) is 7.58. The van der Waals surface area contributed by atoms with Gasteiger partial charge in [-0.25, -0.2) is 0 Å². The van der Waals surface area contributed by atoms with Crippen molar-refractivity contribution in [3.8, 4) is 0 Å². The summed E-state index contributed by atoms with van der Waals surface area (Å²) >= 11 is 0. The van der Waals surface area contributed by atoms with E-state index in [1.165, 1.54) is 0 Å². The summed E-state index contributed by atoms with van der Waals surface area (Å²) < 4.78 is 2.03. The molecule has 2 aromatic rings. The second kappa shape index (κ2) is 11.2. The molecular formula is C24H33N3O2.